The maximum absolute atomic E-state index is 5.46. The average Bonchev–Trinajstić information content (AvgIpc) is 3.11. The second-order valence-corrected chi connectivity index (χ2v) is 7.51. The van der Waals surface area contributed by atoms with Gasteiger partial charge in [0.1, 0.15) is 0 Å². The van der Waals surface area contributed by atoms with Gasteiger partial charge < -0.3 is 15.4 Å². The first-order valence-corrected chi connectivity index (χ1v) is 10.4. The Morgan fingerprint density at radius 1 is 1.21 bits per heavy atom. The van der Waals surface area contributed by atoms with Gasteiger partial charge in [-0.2, -0.15) is 0 Å². The van der Waals surface area contributed by atoms with Crippen LogP contribution in [0.4, 0.5) is 0 Å². The standard InChI is InChI=1S/C20H29N5OS.HI/c1-3-21-20(23-13-19-16(2)24-15-27-19)22-12-17-6-4-5-7-18(17)14-25-8-10-26-11-9-25;/h4-7,15H,3,8-14H2,1-2H3,(H2,21,22,23);1H. The number of halogens is 1. The van der Waals surface area contributed by atoms with Crippen LogP contribution in [0, 0.1) is 6.92 Å². The number of thiazole rings is 1. The molecule has 0 atom stereocenters. The molecule has 0 amide bonds. The number of hydrogen-bond acceptors (Lipinski definition) is 5. The van der Waals surface area contributed by atoms with Crippen molar-refractivity contribution in [3.05, 3.63) is 51.5 Å². The molecule has 1 saturated heterocycles. The Morgan fingerprint density at radius 2 is 1.96 bits per heavy atom. The zero-order valence-electron chi connectivity index (χ0n) is 16.6. The molecule has 3 rings (SSSR count). The minimum Gasteiger partial charge on any atom is -0.379 e. The van der Waals surface area contributed by atoms with E-state index in [1.54, 1.807) is 11.3 Å². The monoisotopic (exact) mass is 515 g/mol. The lowest BCUT2D eigenvalue weighted by atomic mass is 10.1. The van der Waals surface area contributed by atoms with Crippen LogP contribution in [-0.2, 0) is 24.4 Å². The molecule has 8 heteroatoms. The Balaban J connectivity index is 0.00000280. The molecule has 0 spiro atoms. The van der Waals surface area contributed by atoms with E-state index in [0.29, 0.717) is 6.54 Å². The van der Waals surface area contributed by atoms with E-state index in [4.69, 9.17) is 9.73 Å². The van der Waals surface area contributed by atoms with Crippen LogP contribution in [0.15, 0.2) is 34.8 Å². The highest BCUT2D eigenvalue weighted by Gasteiger charge is 2.12. The molecule has 6 nitrogen and oxygen atoms in total. The molecule has 28 heavy (non-hydrogen) atoms. The molecule has 1 aromatic carbocycles. The highest BCUT2D eigenvalue weighted by atomic mass is 127. The molecule has 0 aliphatic carbocycles. The van der Waals surface area contributed by atoms with E-state index in [2.05, 4.69) is 51.7 Å². The first kappa shape index (κ1) is 23.1. The smallest absolute Gasteiger partial charge is 0.191 e. The van der Waals surface area contributed by atoms with Crippen molar-refractivity contribution in [3.63, 3.8) is 0 Å². The Labute approximate surface area is 188 Å². The van der Waals surface area contributed by atoms with Gasteiger partial charge in [0.05, 0.1) is 37.5 Å². The number of morpholine rings is 1. The maximum Gasteiger partial charge on any atom is 0.191 e. The SMILES string of the molecule is CCNC(=NCc1ccccc1CN1CCOCC1)NCc1scnc1C.I. The van der Waals surface area contributed by atoms with E-state index in [-0.39, 0.29) is 24.0 Å². The quantitative estimate of drug-likeness (QED) is 0.337. The van der Waals surface area contributed by atoms with Crippen molar-refractivity contribution >= 4 is 41.3 Å². The van der Waals surface area contributed by atoms with Crippen LogP contribution >= 0.6 is 35.3 Å². The molecule has 0 bridgehead atoms. The zero-order valence-corrected chi connectivity index (χ0v) is 19.8. The largest absolute Gasteiger partial charge is 0.379 e. The second-order valence-electron chi connectivity index (χ2n) is 6.57. The van der Waals surface area contributed by atoms with E-state index in [9.17, 15) is 0 Å². The molecule has 2 aromatic rings. The number of nitrogens with one attached hydrogen (secondary N) is 2. The van der Waals surface area contributed by atoms with Gasteiger partial charge in [0, 0.05) is 31.1 Å². The predicted octanol–water partition coefficient (Wildman–Crippen LogP) is 3.16. The molecule has 1 fully saturated rings. The Kier molecular flexibility index (Phi) is 10.2. The fourth-order valence-corrected chi connectivity index (χ4v) is 3.75. The zero-order chi connectivity index (χ0) is 18.9. The molecule has 0 radical (unpaired) electrons. The highest BCUT2D eigenvalue weighted by molar-refractivity contribution is 14.0. The molecule has 0 saturated carbocycles. The van der Waals surface area contributed by atoms with Crippen molar-refractivity contribution in [1.29, 1.82) is 0 Å². The third-order valence-corrected chi connectivity index (χ3v) is 5.56. The lowest BCUT2D eigenvalue weighted by Crippen LogP contribution is -2.37. The van der Waals surface area contributed by atoms with E-state index in [1.807, 2.05) is 12.4 Å². The van der Waals surface area contributed by atoms with Gasteiger partial charge in [-0.15, -0.1) is 35.3 Å². The third kappa shape index (κ3) is 6.98. The van der Waals surface area contributed by atoms with E-state index >= 15 is 0 Å². The molecule has 1 aromatic heterocycles. The van der Waals surface area contributed by atoms with Gasteiger partial charge >= 0.3 is 0 Å². The number of hydrogen-bond donors (Lipinski definition) is 2. The molecule has 2 N–H and O–H groups in total. The summed E-state index contributed by atoms with van der Waals surface area (Å²) in [5.74, 6) is 0.839. The number of rotatable bonds is 7. The highest BCUT2D eigenvalue weighted by Crippen LogP contribution is 2.14. The summed E-state index contributed by atoms with van der Waals surface area (Å²) in [7, 11) is 0. The van der Waals surface area contributed by atoms with Crippen molar-refractivity contribution in [1.82, 2.24) is 20.5 Å². The van der Waals surface area contributed by atoms with Crippen LogP contribution in [0.5, 0.6) is 0 Å². The number of aryl methyl sites for hydroxylation is 1. The van der Waals surface area contributed by atoms with Crippen LogP contribution in [0.3, 0.4) is 0 Å². The summed E-state index contributed by atoms with van der Waals surface area (Å²) in [6.45, 7) is 11.0. The number of ether oxygens (including phenoxy) is 1. The van der Waals surface area contributed by atoms with Crippen molar-refractivity contribution in [2.75, 3.05) is 32.8 Å². The fourth-order valence-electron chi connectivity index (χ4n) is 3.03. The fraction of sp³-hybridized carbons (Fsp3) is 0.500. The minimum atomic E-state index is 0. The van der Waals surface area contributed by atoms with Crippen molar-refractivity contribution < 1.29 is 4.74 Å². The van der Waals surface area contributed by atoms with Crippen molar-refractivity contribution in [3.8, 4) is 0 Å². The Morgan fingerprint density at radius 3 is 2.64 bits per heavy atom. The minimum absolute atomic E-state index is 0. The van der Waals surface area contributed by atoms with Gasteiger partial charge in [-0.05, 0) is 25.0 Å². The van der Waals surface area contributed by atoms with Crippen LogP contribution in [-0.4, -0.2) is 48.7 Å². The summed E-state index contributed by atoms with van der Waals surface area (Å²) in [6, 6.07) is 8.59. The van der Waals surface area contributed by atoms with E-state index in [0.717, 1.165) is 57.6 Å². The topological polar surface area (TPSA) is 61.8 Å². The predicted molar refractivity (Wildman–Crippen MR) is 126 cm³/mol. The van der Waals surface area contributed by atoms with Crippen molar-refractivity contribution in [2.45, 2.75) is 33.5 Å². The second kappa shape index (κ2) is 12.4. The summed E-state index contributed by atoms with van der Waals surface area (Å²) in [4.78, 5) is 12.8. The van der Waals surface area contributed by atoms with Gasteiger partial charge in [0.2, 0.25) is 0 Å². The van der Waals surface area contributed by atoms with Crippen LogP contribution in [0.2, 0.25) is 0 Å². The Bertz CT molecular complexity index is 746. The number of benzene rings is 1. The van der Waals surface area contributed by atoms with Gasteiger partial charge in [0.25, 0.3) is 0 Å². The lowest BCUT2D eigenvalue weighted by Gasteiger charge is -2.27. The number of aromatic nitrogens is 1. The molecule has 1 aliphatic rings. The molecule has 2 heterocycles. The number of nitrogens with zero attached hydrogens (tertiary/aromatic N) is 3. The van der Waals surface area contributed by atoms with Gasteiger partial charge in [0.15, 0.2) is 5.96 Å². The van der Waals surface area contributed by atoms with Gasteiger partial charge in [-0.1, -0.05) is 24.3 Å². The summed E-state index contributed by atoms with van der Waals surface area (Å²) in [5, 5.41) is 6.75. The summed E-state index contributed by atoms with van der Waals surface area (Å²) >= 11 is 1.67. The molecule has 154 valence electrons. The lowest BCUT2D eigenvalue weighted by molar-refractivity contribution is 0.0341. The molecular weight excluding hydrogens is 485 g/mol. The van der Waals surface area contributed by atoms with E-state index in [1.165, 1.54) is 16.0 Å². The molecular formula is C20H30IN5OS. The van der Waals surface area contributed by atoms with Gasteiger partial charge in [-0.3, -0.25) is 4.90 Å². The summed E-state index contributed by atoms with van der Waals surface area (Å²) in [6.07, 6.45) is 0. The number of aliphatic imine (C=N–C) groups is 1. The summed E-state index contributed by atoms with van der Waals surface area (Å²) < 4.78 is 5.46. The normalized spacial score (nSPS) is 15.1. The first-order chi connectivity index (χ1) is 13.3. The summed E-state index contributed by atoms with van der Waals surface area (Å²) in [5.41, 5.74) is 5.59. The van der Waals surface area contributed by atoms with E-state index < -0.39 is 0 Å². The van der Waals surface area contributed by atoms with Crippen molar-refractivity contribution in [2.24, 2.45) is 4.99 Å². The molecule has 1 aliphatic heterocycles. The van der Waals surface area contributed by atoms with Crippen LogP contribution in [0.25, 0.3) is 0 Å². The Hall–Kier alpha value is -1.23. The van der Waals surface area contributed by atoms with Gasteiger partial charge in [-0.25, -0.2) is 9.98 Å². The third-order valence-electron chi connectivity index (χ3n) is 4.63. The maximum atomic E-state index is 5.46. The van der Waals surface area contributed by atoms with Crippen LogP contribution in [0.1, 0.15) is 28.6 Å². The first-order valence-electron chi connectivity index (χ1n) is 9.54. The average molecular weight is 515 g/mol. The van der Waals surface area contributed by atoms with Crippen LogP contribution < -0.4 is 10.6 Å². The molecule has 0 unspecified atom stereocenters. The number of guanidine groups is 1.